The summed E-state index contributed by atoms with van der Waals surface area (Å²) in [5.41, 5.74) is 0.807. The van der Waals surface area contributed by atoms with E-state index in [9.17, 15) is 14.0 Å². The lowest BCUT2D eigenvalue weighted by Gasteiger charge is -2.18. The van der Waals surface area contributed by atoms with E-state index in [2.05, 4.69) is 5.32 Å². The highest BCUT2D eigenvalue weighted by Crippen LogP contribution is 2.22. The van der Waals surface area contributed by atoms with Crippen LogP contribution in [0.15, 0.2) is 29.8 Å². The van der Waals surface area contributed by atoms with Crippen LogP contribution in [0.25, 0.3) is 0 Å². The maximum absolute atomic E-state index is 13.4. The van der Waals surface area contributed by atoms with Gasteiger partial charge in [-0.2, -0.15) is 0 Å². The monoisotopic (exact) mass is 299 g/mol. The van der Waals surface area contributed by atoms with Crippen LogP contribution in [-0.4, -0.2) is 17.0 Å². The van der Waals surface area contributed by atoms with E-state index in [1.807, 2.05) is 0 Å². The Kier molecular flexibility index (Phi) is 5.70. The third-order valence-corrected chi connectivity index (χ3v) is 3.13. The Labute approximate surface area is 121 Å². The van der Waals surface area contributed by atoms with Gasteiger partial charge in [-0.05, 0) is 31.5 Å². The standard InChI is InChI=1S/C14H15ClFNO3/c1-3-8(2)14(20)17-12(7-13(18)19)9-4-5-10(15)11(16)6-9/h3-6,12H,7H2,1-2H3,(H,17,20)(H,18,19)/b8-3-. The molecule has 0 radical (unpaired) electrons. The van der Waals surface area contributed by atoms with E-state index in [0.717, 1.165) is 6.07 Å². The molecular formula is C14H15ClFNO3. The molecule has 0 aromatic heterocycles. The maximum Gasteiger partial charge on any atom is 0.305 e. The first-order chi connectivity index (χ1) is 9.35. The number of rotatable bonds is 5. The highest BCUT2D eigenvalue weighted by atomic mass is 35.5. The van der Waals surface area contributed by atoms with Gasteiger partial charge in [-0.25, -0.2) is 4.39 Å². The summed E-state index contributed by atoms with van der Waals surface area (Å²) < 4.78 is 13.4. The molecule has 20 heavy (non-hydrogen) atoms. The van der Waals surface area contributed by atoms with Gasteiger partial charge in [0.2, 0.25) is 5.91 Å². The third kappa shape index (κ3) is 4.35. The van der Waals surface area contributed by atoms with Crippen LogP contribution in [0.1, 0.15) is 31.9 Å². The highest BCUT2D eigenvalue weighted by Gasteiger charge is 2.19. The first-order valence-electron chi connectivity index (χ1n) is 5.95. The van der Waals surface area contributed by atoms with Crippen molar-refractivity contribution >= 4 is 23.5 Å². The van der Waals surface area contributed by atoms with Gasteiger partial charge in [0.25, 0.3) is 0 Å². The molecule has 0 fully saturated rings. The molecule has 0 saturated carbocycles. The predicted octanol–water partition coefficient (Wildman–Crippen LogP) is 3.08. The summed E-state index contributed by atoms with van der Waals surface area (Å²) in [4.78, 5) is 22.7. The van der Waals surface area contributed by atoms with Crippen LogP contribution in [0.3, 0.4) is 0 Å². The fourth-order valence-corrected chi connectivity index (χ4v) is 1.68. The minimum absolute atomic E-state index is 0.0567. The number of carboxylic acids is 1. The summed E-state index contributed by atoms with van der Waals surface area (Å²) in [5, 5.41) is 11.4. The summed E-state index contributed by atoms with van der Waals surface area (Å²) >= 11 is 5.58. The van der Waals surface area contributed by atoms with Gasteiger partial charge < -0.3 is 10.4 Å². The normalized spacial score (nSPS) is 12.9. The van der Waals surface area contributed by atoms with Crippen molar-refractivity contribution in [2.24, 2.45) is 0 Å². The zero-order chi connectivity index (χ0) is 15.3. The fraction of sp³-hybridized carbons (Fsp3) is 0.286. The summed E-state index contributed by atoms with van der Waals surface area (Å²) in [5.74, 6) is -2.14. The molecule has 1 aromatic carbocycles. The van der Waals surface area contributed by atoms with E-state index >= 15 is 0 Å². The Morgan fingerprint density at radius 3 is 2.65 bits per heavy atom. The minimum Gasteiger partial charge on any atom is -0.481 e. The van der Waals surface area contributed by atoms with Crippen molar-refractivity contribution in [3.8, 4) is 0 Å². The van der Waals surface area contributed by atoms with Crippen LogP contribution < -0.4 is 5.32 Å². The zero-order valence-electron chi connectivity index (χ0n) is 11.1. The number of aliphatic carboxylic acids is 1. The van der Waals surface area contributed by atoms with Crippen molar-refractivity contribution in [2.75, 3.05) is 0 Å². The van der Waals surface area contributed by atoms with Crippen LogP contribution in [0.5, 0.6) is 0 Å². The van der Waals surface area contributed by atoms with E-state index < -0.39 is 23.7 Å². The van der Waals surface area contributed by atoms with Crippen LogP contribution in [0, 0.1) is 5.82 Å². The molecule has 0 aliphatic carbocycles. The Hall–Kier alpha value is -1.88. The summed E-state index contributed by atoms with van der Waals surface area (Å²) in [6.07, 6.45) is 1.26. The van der Waals surface area contributed by atoms with Crippen molar-refractivity contribution < 1.29 is 19.1 Å². The van der Waals surface area contributed by atoms with Gasteiger partial charge in [-0.3, -0.25) is 9.59 Å². The number of hydrogen-bond acceptors (Lipinski definition) is 2. The average Bonchev–Trinajstić information content (AvgIpc) is 2.39. The quantitative estimate of drug-likeness (QED) is 0.821. The van der Waals surface area contributed by atoms with Crippen LogP contribution in [-0.2, 0) is 9.59 Å². The number of carbonyl (C=O) groups excluding carboxylic acids is 1. The van der Waals surface area contributed by atoms with Crippen molar-refractivity contribution in [2.45, 2.75) is 26.3 Å². The number of halogens is 2. The van der Waals surface area contributed by atoms with Gasteiger partial charge in [0.1, 0.15) is 5.82 Å². The molecule has 6 heteroatoms. The molecule has 0 aliphatic heterocycles. The first-order valence-corrected chi connectivity index (χ1v) is 6.33. The van der Waals surface area contributed by atoms with Crippen LogP contribution in [0.2, 0.25) is 5.02 Å². The second kappa shape index (κ2) is 7.05. The minimum atomic E-state index is -1.09. The lowest BCUT2D eigenvalue weighted by molar-refractivity contribution is -0.137. The Morgan fingerprint density at radius 2 is 2.15 bits per heavy atom. The molecule has 2 N–H and O–H groups in total. The van der Waals surface area contributed by atoms with Gasteiger partial charge in [0, 0.05) is 5.57 Å². The molecule has 1 unspecified atom stereocenters. The lowest BCUT2D eigenvalue weighted by Crippen LogP contribution is -2.30. The fourth-order valence-electron chi connectivity index (χ4n) is 1.56. The van der Waals surface area contributed by atoms with Gasteiger partial charge in [-0.1, -0.05) is 23.7 Å². The molecule has 1 aromatic rings. The molecular weight excluding hydrogens is 285 g/mol. The number of carboxylic acid groups (broad SMARTS) is 1. The highest BCUT2D eigenvalue weighted by molar-refractivity contribution is 6.30. The number of carbonyl (C=O) groups is 2. The third-order valence-electron chi connectivity index (χ3n) is 2.82. The number of nitrogens with one attached hydrogen (secondary N) is 1. The molecule has 1 atom stereocenters. The predicted molar refractivity (Wildman–Crippen MR) is 74.0 cm³/mol. The second-order valence-corrected chi connectivity index (χ2v) is 4.68. The maximum atomic E-state index is 13.4. The van der Waals surface area contributed by atoms with Crippen LogP contribution >= 0.6 is 11.6 Å². The topological polar surface area (TPSA) is 66.4 Å². The molecule has 1 rings (SSSR count). The summed E-state index contributed by atoms with van der Waals surface area (Å²) in [7, 11) is 0. The largest absolute Gasteiger partial charge is 0.481 e. The first kappa shape index (κ1) is 16.2. The molecule has 0 spiro atoms. The van der Waals surface area contributed by atoms with Crippen LogP contribution in [0.4, 0.5) is 4.39 Å². The van der Waals surface area contributed by atoms with Crippen molar-refractivity contribution in [1.29, 1.82) is 0 Å². The molecule has 4 nitrogen and oxygen atoms in total. The van der Waals surface area contributed by atoms with E-state index in [1.54, 1.807) is 19.9 Å². The molecule has 1 amide bonds. The zero-order valence-corrected chi connectivity index (χ0v) is 11.9. The Balaban J connectivity index is 3.02. The van der Waals surface area contributed by atoms with E-state index in [0.29, 0.717) is 11.1 Å². The van der Waals surface area contributed by atoms with Gasteiger partial charge in [0.05, 0.1) is 17.5 Å². The molecule has 108 valence electrons. The number of allylic oxidation sites excluding steroid dienone is 1. The van der Waals surface area contributed by atoms with Crippen molar-refractivity contribution in [3.05, 3.63) is 46.3 Å². The number of amides is 1. The SMILES string of the molecule is C/C=C(/C)C(=O)NC(CC(=O)O)c1ccc(Cl)c(F)c1. The molecule has 0 bridgehead atoms. The van der Waals surface area contributed by atoms with E-state index in [4.69, 9.17) is 16.7 Å². The average molecular weight is 300 g/mol. The molecule has 0 heterocycles. The molecule has 0 aliphatic rings. The molecule has 0 saturated heterocycles. The Morgan fingerprint density at radius 1 is 1.50 bits per heavy atom. The van der Waals surface area contributed by atoms with Crippen molar-refractivity contribution in [3.63, 3.8) is 0 Å². The van der Waals surface area contributed by atoms with E-state index in [1.165, 1.54) is 12.1 Å². The number of benzene rings is 1. The summed E-state index contributed by atoms with van der Waals surface area (Å²) in [6.45, 7) is 3.30. The number of hydrogen-bond donors (Lipinski definition) is 2. The van der Waals surface area contributed by atoms with Gasteiger partial charge in [-0.15, -0.1) is 0 Å². The summed E-state index contributed by atoms with van der Waals surface area (Å²) in [6, 6.07) is 3.13. The van der Waals surface area contributed by atoms with Gasteiger partial charge >= 0.3 is 5.97 Å². The second-order valence-electron chi connectivity index (χ2n) is 4.27. The van der Waals surface area contributed by atoms with Gasteiger partial charge in [0.15, 0.2) is 0 Å². The van der Waals surface area contributed by atoms with E-state index in [-0.39, 0.29) is 11.4 Å². The van der Waals surface area contributed by atoms with Crippen molar-refractivity contribution in [1.82, 2.24) is 5.32 Å². The lowest BCUT2D eigenvalue weighted by atomic mass is 10.0. The Bertz CT molecular complexity index is 557. The smallest absolute Gasteiger partial charge is 0.305 e.